The van der Waals surface area contributed by atoms with Gasteiger partial charge in [0.05, 0.1) is 11.7 Å². The smallest absolute Gasteiger partial charge is 0.125 e. The van der Waals surface area contributed by atoms with Gasteiger partial charge in [-0.15, -0.1) is 0 Å². The van der Waals surface area contributed by atoms with Crippen LogP contribution in [0.4, 0.5) is 5.82 Å². The van der Waals surface area contributed by atoms with E-state index in [0.29, 0.717) is 17.8 Å². The maximum Gasteiger partial charge on any atom is 0.125 e. The Balaban J connectivity index is 2.01. The molecule has 4 rings (SSSR count). The molecule has 0 spiro atoms. The maximum absolute atomic E-state index is 5.76. The Labute approximate surface area is 93.5 Å². The number of hydrogen-bond donors (Lipinski definition) is 1. The van der Waals surface area contributed by atoms with Crippen LogP contribution < -0.4 is 5.73 Å². The number of aromatic nitrogens is 3. The highest BCUT2D eigenvalue weighted by Crippen LogP contribution is 2.46. The van der Waals surface area contributed by atoms with E-state index in [-0.39, 0.29) is 0 Å². The summed E-state index contributed by atoms with van der Waals surface area (Å²) in [5, 5.41) is 0. The molecule has 4 nitrogen and oxygen atoms in total. The Hall–Kier alpha value is -1.58. The highest BCUT2D eigenvalue weighted by Gasteiger charge is 2.35. The Morgan fingerprint density at radius 2 is 2.06 bits per heavy atom. The minimum Gasteiger partial charge on any atom is -0.384 e. The van der Waals surface area contributed by atoms with E-state index in [1.165, 1.54) is 37.0 Å². The lowest BCUT2D eigenvalue weighted by Crippen LogP contribution is -2.00. The van der Waals surface area contributed by atoms with Crippen LogP contribution in [0.3, 0.4) is 0 Å². The van der Waals surface area contributed by atoms with E-state index in [1.54, 1.807) is 6.20 Å². The lowest BCUT2D eigenvalue weighted by molar-refractivity contribution is 0.703. The van der Waals surface area contributed by atoms with Crippen LogP contribution in [0.1, 0.15) is 43.5 Å². The molecule has 0 saturated heterocycles. The predicted molar refractivity (Wildman–Crippen MR) is 62.2 cm³/mol. The number of rotatable bonds is 2. The van der Waals surface area contributed by atoms with Crippen molar-refractivity contribution in [2.75, 3.05) is 5.73 Å². The van der Waals surface area contributed by atoms with E-state index >= 15 is 0 Å². The number of pyridine rings is 1. The van der Waals surface area contributed by atoms with Crippen LogP contribution in [0.5, 0.6) is 0 Å². The molecule has 2 saturated carbocycles. The highest BCUT2D eigenvalue weighted by molar-refractivity contribution is 5.78. The van der Waals surface area contributed by atoms with Crippen molar-refractivity contribution in [2.45, 2.75) is 37.6 Å². The first-order valence-corrected chi connectivity index (χ1v) is 5.96. The van der Waals surface area contributed by atoms with E-state index in [0.717, 1.165) is 5.52 Å². The summed E-state index contributed by atoms with van der Waals surface area (Å²) in [6.45, 7) is 0. The SMILES string of the molecule is Nc1cc2c(cn1)nc(C1CC1)n2C1CC1. The van der Waals surface area contributed by atoms with Crippen LogP contribution in [-0.2, 0) is 0 Å². The van der Waals surface area contributed by atoms with Gasteiger partial charge >= 0.3 is 0 Å². The van der Waals surface area contributed by atoms with Gasteiger partial charge in [-0.3, -0.25) is 0 Å². The van der Waals surface area contributed by atoms with Gasteiger partial charge in [-0.25, -0.2) is 9.97 Å². The zero-order valence-electron chi connectivity index (χ0n) is 9.06. The fraction of sp³-hybridized carbons (Fsp3) is 0.500. The zero-order valence-corrected chi connectivity index (χ0v) is 9.06. The van der Waals surface area contributed by atoms with Gasteiger partial charge in [-0.1, -0.05) is 0 Å². The lowest BCUT2D eigenvalue weighted by atomic mass is 10.3. The van der Waals surface area contributed by atoms with E-state index in [9.17, 15) is 0 Å². The fourth-order valence-corrected chi connectivity index (χ4v) is 2.38. The fourth-order valence-electron chi connectivity index (χ4n) is 2.38. The van der Waals surface area contributed by atoms with Gasteiger partial charge in [0, 0.05) is 18.0 Å². The first kappa shape index (κ1) is 8.56. The maximum atomic E-state index is 5.76. The Bertz CT molecular complexity index is 564. The average Bonchev–Trinajstić information content (AvgIpc) is 3.14. The van der Waals surface area contributed by atoms with Gasteiger partial charge in [0.15, 0.2) is 0 Å². The van der Waals surface area contributed by atoms with Gasteiger partial charge in [0.2, 0.25) is 0 Å². The molecule has 2 N–H and O–H groups in total. The number of fused-ring (bicyclic) bond motifs is 1. The molecule has 82 valence electrons. The molecule has 0 atom stereocenters. The number of hydrogen-bond acceptors (Lipinski definition) is 3. The topological polar surface area (TPSA) is 56.7 Å². The van der Waals surface area contributed by atoms with Crippen molar-refractivity contribution in [1.82, 2.24) is 14.5 Å². The third-order valence-electron chi connectivity index (χ3n) is 3.48. The molecule has 2 aromatic rings. The van der Waals surface area contributed by atoms with Gasteiger partial charge in [0.25, 0.3) is 0 Å². The minimum atomic E-state index is 0.594. The number of nitrogens with two attached hydrogens (primary N) is 1. The normalized spacial score (nSPS) is 20.5. The molecule has 2 fully saturated rings. The third-order valence-corrected chi connectivity index (χ3v) is 3.48. The van der Waals surface area contributed by atoms with Crippen LogP contribution in [0, 0.1) is 0 Å². The predicted octanol–water partition coefficient (Wildman–Crippen LogP) is 2.23. The number of nitrogen functional groups attached to an aromatic ring is 1. The van der Waals surface area contributed by atoms with Crippen molar-refractivity contribution in [2.24, 2.45) is 0 Å². The summed E-state index contributed by atoms with van der Waals surface area (Å²) in [6, 6.07) is 2.63. The molecule has 2 aliphatic carbocycles. The standard InChI is InChI=1S/C12H14N4/c13-11-5-10-9(6-14-11)15-12(7-1-2-7)16(10)8-3-4-8/h5-8H,1-4H2,(H2,13,14). The number of imidazole rings is 1. The third kappa shape index (κ3) is 1.16. The van der Waals surface area contributed by atoms with Crippen LogP contribution in [-0.4, -0.2) is 14.5 Å². The number of anilines is 1. The van der Waals surface area contributed by atoms with Crippen molar-refractivity contribution >= 4 is 16.9 Å². The quantitative estimate of drug-likeness (QED) is 0.834. The summed E-state index contributed by atoms with van der Waals surface area (Å²) >= 11 is 0. The van der Waals surface area contributed by atoms with Crippen molar-refractivity contribution in [3.05, 3.63) is 18.1 Å². The first-order valence-electron chi connectivity index (χ1n) is 5.96. The highest BCUT2D eigenvalue weighted by atomic mass is 15.1. The van der Waals surface area contributed by atoms with Crippen molar-refractivity contribution in [1.29, 1.82) is 0 Å². The Kier molecular flexibility index (Phi) is 1.47. The van der Waals surface area contributed by atoms with Crippen molar-refractivity contribution < 1.29 is 0 Å². The van der Waals surface area contributed by atoms with Crippen LogP contribution in [0.25, 0.3) is 11.0 Å². The Morgan fingerprint density at radius 1 is 1.25 bits per heavy atom. The molecular formula is C12H14N4. The van der Waals surface area contributed by atoms with E-state index < -0.39 is 0 Å². The average molecular weight is 214 g/mol. The van der Waals surface area contributed by atoms with E-state index in [1.807, 2.05) is 6.07 Å². The van der Waals surface area contributed by atoms with Gasteiger partial charge in [0.1, 0.15) is 17.2 Å². The molecule has 0 amide bonds. The van der Waals surface area contributed by atoms with Crippen LogP contribution in [0.15, 0.2) is 12.3 Å². The molecule has 2 aromatic heterocycles. The summed E-state index contributed by atoms with van der Waals surface area (Å²) in [4.78, 5) is 8.85. The molecule has 2 heterocycles. The first-order chi connectivity index (χ1) is 7.83. The van der Waals surface area contributed by atoms with Crippen LogP contribution in [0.2, 0.25) is 0 Å². The molecule has 0 bridgehead atoms. The molecule has 16 heavy (non-hydrogen) atoms. The van der Waals surface area contributed by atoms with Gasteiger partial charge in [-0.05, 0) is 25.7 Å². The summed E-state index contributed by atoms with van der Waals surface area (Å²) in [5.41, 5.74) is 7.94. The molecule has 0 unspecified atom stereocenters. The van der Waals surface area contributed by atoms with Crippen molar-refractivity contribution in [3.8, 4) is 0 Å². The largest absolute Gasteiger partial charge is 0.384 e. The second-order valence-corrected chi connectivity index (χ2v) is 4.94. The Morgan fingerprint density at radius 3 is 2.75 bits per heavy atom. The second-order valence-electron chi connectivity index (χ2n) is 4.94. The molecule has 0 aliphatic heterocycles. The van der Waals surface area contributed by atoms with Crippen molar-refractivity contribution in [3.63, 3.8) is 0 Å². The molecule has 2 aliphatic rings. The summed E-state index contributed by atoms with van der Waals surface area (Å²) in [5.74, 6) is 2.55. The lowest BCUT2D eigenvalue weighted by Gasteiger charge is -2.06. The monoisotopic (exact) mass is 214 g/mol. The minimum absolute atomic E-state index is 0.594. The van der Waals surface area contributed by atoms with Gasteiger partial charge in [-0.2, -0.15) is 0 Å². The molecule has 0 radical (unpaired) electrons. The molecular weight excluding hydrogens is 200 g/mol. The summed E-state index contributed by atoms with van der Waals surface area (Å²) in [6.07, 6.45) is 6.95. The van der Waals surface area contributed by atoms with E-state index in [4.69, 9.17) is 10.7 Å². The second kappa shape index (κ2) is 2.75. The number of nitrogens with zero attached hydrogens (tertiary/aromatic N) is 3. The van der Waals surface area contributed by atoms with E-state index in [2.05, 4.69) is 9.55 Å². The summed E-state index contributed by atoms with van der Waals surface area (Å²) < 4.78 is 2.41. The van der Waals surface area contributed by atoms with Crippen LogP contribution >= 0.6 is 0 Å². The van der Waals surface area contributed by atoms with Gasteiger partial charge < -0.3 is 10.3 Å². The zero-order chi connectivity index (χ0) is 10.7. The summed E-state index contributed by atoms with van der Waals surface area (Å²) in [7, 11) is 0. The molecule has 0 aromatic carbocycles. The molecule has 4 heteroatoms.